The molecule has 14 heavy (non-hydrogen) atoms. The highest BCUT2D eigenvalue weighted by Gasteiger charge is 2.23. The third-order valence-electron chi connectivity index (χ3n) is 2.78. The van der Waals surface area contributed by atoms with Crippen molar-refractivity contribution in [2.45, 2.75) is 39.2 Å². The third-order valence-corrected chi connectivity index (χ3v) is 2.78. The molecule has 3 heteroatoms. The summed E-state index contributed by atoms with van der Waals surface area (Å²) in [4.78, 5) is 10.6. The Morgan fingerprint density at radius 3 is 2.64 bits per heavy atom. The third kappa shape index (κ3) is 3.14. The second-order valence-electron chi connectivity index (χ2n) is 4.07. The Labute approximate surface area is 85.2 Å². The average Bonchev–Trinajstić information content (AvgIpc) is 2.08. The van der Waals surface area contributed by atoms with Gasteiger partial charge in [0.1, 0.15) is 0 Å². The zero-order valence-electron chi connectivity index (χ0n) is 8.92. The zero-order valence-corrected chi connectivity index (χ0v) is 8.92. The van der Waals surface area contributed by atoms with Crippen molar-refractivity contribution >= 4 is 5.97 Å². The lowest BCUT2D eigenvalue weighted by molar-refractivity contribution is -0.132. The summed E-state index contributed by atoms with van der Waals surface area (Å²) < 4.78 is 0. The van der Waals surface area contributed by atoms with E-state index in [4.69, 9.17) is 5.11 Å². The van der Waals surface area contributed by atoms with Gasteiger partial charge in [0.15, 0.2) is 0 Å². The zero-order chi connectivity index (χ0) is 10.6. The number of nitrogens with one attached hydrogen (secondary N) is 1. The van der Waals surface area contributed by atoms with Crippen LogP contribution in [0, 0.1) is 5.92 Å². The minimum absolute atomic E-state index is 0.505. The molecule has 1 rings (SSSR count). The van der Waals surface area contributed by atoms with Crippen molar-refractivity contribution in [2.24, 2.45) is 5.92 Å². The van der Waals surface area contributed by atoms with Gasteiger partial charge in [-0.1, -0.05) is 19.9 Å². The van der Waals surface area contributed by atoms with Gasteiger partial charge in [0.25, 0.3) is 0 Å². The van der Waals surface area contributed by atoms with Crippen LogP contribution in [0.1, 0.15) is 33.1 Å². The van der Waals surface area contributed by atoms with E-state index in [-0.39, 0.29) is 0 Å². The summed E-state index contributed by atoms with van der Waals surface area (Å²) in [5.74, 6) is 0.0397. The van der Waals surface area contributed by atoms with Crippen LogP contribution in [0.3, 0.4) is 0 Å². The molecule has 1 aliphatic rings. The van der Waals surface area contributed by atoms with E-state index in [1.54, 1.807) is 6.08 Å². The largest absolute Gasteiger partial charge is 0.478 e. The highest BCUT2D eigenvalue weighted by molar-refractivity contribution is 5.86. The SMILES string of the molecule is CCC(=CCNC1CC(C)C1)C(=O)O. The van der Waals surface area contributed by atoms with Crippen LogP contribution >= 0.6 is 0 Å². The molecule has 0 atom stereocenters. The molecular weight excluding hydrogens is 178 g/mol. The number of carboxylic acid groups (broad SMARTS) is 1. The summed E-state index contributed by atoms with van der Waals surface area (Å²) in [7, 11) is 0. The van der Waals surface area contributed by atoms with Gasteiger partial charge < -0.3 is 10.4 Å². The second-order valence-corrected chi connectivity index (χ2v) is 4.07. The molecule has 2 N–H and O–H groups in total. The van der Waals surface area contributed by atoms with Gasteiger partial charge in [-0.3, -0.25) is 0 Å². The van der Waals surface area contributed by atoms with Crippen molar-refractivity contribution in [2.75, 3.05) is 6.54 Å². The normalized spacial score (nSPS) is 27.1. The molecule has 1 fully saturated rings. The minimum Gasteiger partial charge on any atom is -0.478 e. The summed E-state index contributed by atoms with van der Waals surface area (Å²) >= 11 is 0. The Morgan fingerprint density at radius 2 is 2.21 bits per heavy atom. The number of hydrogen-bond donors (Lipinski definition) is 2. The molecule has 0 bridgehead atoms. The molecule has 80 valence electrons. The van der Waals surface area contributed by atoms with E-state index in [0.717, 1.165) is 5.92 Å². The maximum absolute atomic E-state index is 10.6. The second kappa shape index (κ2) is 5.15. The van der Waals surface area contributed by atoms with Gasteiger partial charge >= 0.3 is 5.97 Å². The Morgan fingerprint density at radius 1 is 1.57 bits per heavy atom. The van der Waals surface area contributed by atoms with Crippen LogP contribution in [-0.2, 0) is 4.79 Å². The van der Waals surface area contributed by atoms with Crippen molar-refractivity contribution in [3.63, 3.8) is 0 Å². The molecule has 0 radical (unpaired) electrons. The summed E-state index contributed by atoms with van der Waals surface area (Å²) in [6, 6.07) is 0.605. The number of hydrogen-bond acceptors (Lipinski definition) is 2. The van der Waals surface area contributed by atoms with Crippen molar-refractivity contribution in [3.8, 4) is 0 Å². The maximum atomic E-state index is 10.6. The first kappa shape index (κ1) is 11.2. The monoisotopic (exact) mass is 197 g/mol. The Hall–Kier alpha value is -0.830. The maximum Gasteiger partial charge on any atom is 0.331 e. The van der Waals surface area contributed by atoms with Crippen LogP contribution in [0.25, 0.3) is 0 Å². The van der Waals surface area contributed by atoms with Crippen LogP contribution in [0.4, 0.5) is 0 Å². The van der Waals surface area contributed by atoms with Crippen LogP contribution in [0.5, 0.6) is 0 Å². The van der Waals surface area contributed by atoms with Gasteiger partial charge in [0, 0.05) is 18.2 Å². The summed E-state index contributed by atoms with van der Waals surface area (Å²) in [6.45, 7) is 4.79. The minimum atomic E-state index is -0.795. The van der Waals surface area contributed by atoms with Crippen molar-refractivity contribution in [3.05, 3.63) is 11.6 Å². The molecule has 0 aromatic rings. The van der Waals surface area contributed by atoms with Crippen LogP contribution in [0.2, 0.25) is 0 Å². The van der Waals surface area contributed by atoms with E-state index < -0.39 is 5.97 Å². The fourth-order valence-electron chi connectivity index (χ4n) is 1.80. The van der Waals surface area contributed by atoms with E-state index in [2.05, 4.69) is 12.2 Å². The molecule has 0 spiro atoms. The molecular formula is C11H19NO2. The lowest BCUT2D eigenvalue weighted by Crippen LogP contribution is -2.40. The smallest absolute Gasteiger partial charge is 0.331 e. The molecule has 0 aliphatic heterocycles. The van der Waals surface area contributed by atoms with Gasteiger partial charge in [0.05, 0.1) is 0 Å². The Balaban J connectivity index is 2.21. The van der Waals surface area contributed by atoms with Gasteiger partial charge in [0.2, 0.25) is 0 Å². The lowest BCUT2D eigenvalue weighted by atomic mass is 9.82. The summed E-state index contributed by atoms with van der Waals surface area (Å²) in [5, 5.41) is 12.1. The van der Waals surface area contributed by atoms with Crippen LogP contribution in [-0.4, -0.2) is 23.7 Å². The first-order valence-electron chi connectivity index (χ1n) is 5.29. The van der Waals surface area contributed by atoms with Crippen molar-refractivity contribution < 1.29 is 9.90 Å². The Kier molecular flexibility index (Phi) is 4.14. The molecule has 3 nitrogen and oxygen atoms in total. The molecule has 0 aromatic heterocycles. The first-order chi connectivity index (χ1) is 6.63. The standard InChI is InChI=1S/C11H19NO2/c1-3-9(11(13)14)4-5-12-10-6-8(2)7-10/h4,8,10,12H,3,5-7H2,1-2H3,(H,13,14). The molecule has 0 unspecified atom stereocenters. The number of carboxylic acids is 1. The number of carbonyl (C=O) groups is 1. The molecule has 1 saturated carbocycles. The van der Waals surface area contributed by atoms with Gasteiger partial charge in [-0.15, -0.1) is 0 Å². The van der Waals surface area contributed by atoms with Crippen molar-refractivity contribution in [1.29, 1.82) is 0 Å². The molecule has 1 aliphatic carbocycles. The number of rotatable bonds is 5. The average molecular weight is 197 g/mol. The van der Waals surface area contributed by atoms with Gasteiger partial charge in [-0.05, 0) is 25.2 Å². The van der Waals surface area contributed by atoms with Crippen LogP contribution in [0.15, 0.2) is 11.6 Å². The van der Waals surface area contributed by atoms with E-state index in [0.29, 0.717) is 24.6 Å². The predicted molar refractivity (Wildman–Crippen MR) is 56.2 cm³/mol. The van der Waals surface area contributed by atoms with E-state index >= 15 is 0 Å². The van der Waals surface area contributed by atoms with Crippen LogP contribution < -0.4 is 5.32 Å². The highest BCUT2D eigenvalue weighted by Crippen LogP contribution is 2.25. The quantitative estimate of drug-likeness (QED) is 0.661. The molecule has 0 heterocycles. The fourth-order valence-corrected chi connectivity index (χ4v) is 1.80. The van der Waals surface area contributed by atoms with Gasteiger partial charge in [-0.2, -0.15) is 0 Å². The lowest BCUT2D eigenvalue weighted by Gasteiger charge is -2.33. The van der Waals surface area contributed by atoms with E-state index in [1.807, 2.05) is 6.92 Å². The van der Waals surface area contributed by atoms with Gasteiger partial charge in [-0.25, -0.2) is 4.79 Å². The van der Waals surface area contributed by atoms with Crippen molar-refractivity contribution in [1.82, 2.24) is 5.32 Å². The number of aliphatic carboxylic acids is 1. The van der Waals surface area contributed by atoms with E-state index in [1.165, 1.54) is 12.8 Å². The predicted octanol–water partition coefficient (Wildman–Crippen LogP) is 1.80. The van der Waals surface area contributed by atoms with E-state index in [9.17, 15) is 4.79 Å². The highest BCUT2D eigenvalue weighted by atomic mass is 16.4. The molecule has 0 saturated heterocycles. The summed E-state index contributed by atoms with van der Waals surface area (Å²) in [5.41, 5.74) is 0.505. The Bertz CT molecular complexity index is 229. The molecule has 0 amide bonds. The topological polar surface area (TPSA) is 49.3 Å². The first-order valence-corrected chi connectivity index (χ1v) is 5.29. The summed E-state index contributed by atoms with van der Waals surface area (Å²) in [6.07, 6.45) is 4.83. The molecule has 0 aromatic carbocycles. The fraction of sp³-hybridized carbons (Fsp3) is 0.727.